The number of esters is 1. The molecule has 1 amide bonds. The van der Waals surface area contributed by atoms with Gasteiger partial charge in [0.1, 0.15) is 5.56 Å². The van der Waals surface area contributed by atoms with Crippen LogP contribution in [-0.2, 0) is 10.9 Å². The summed E-state index contributed by atoms with van der Waals surface area (Å²) in [6.07, 6.45) is -2.70. The molecule has 180 valence electrons. The number of hydrogen-bond donors (Lipinski definition) is 2. The number of ether oxygens (including phenoxy) is 1. The molecule has 0 aliphatic rings. The number of alkyl halides is 3. The predicted molar refractivity (Wildman–Crippen MR) is 117 cm³/mol. The fourth-order valence-corrected chi connectivity index (χ4v) is 3.47. The third kappa shape index (κ3) is 4.55. The Bertz CT molecular complexity index is 1440. The lowest BCUT2D eigenvalue weighted by molar-refractivity contribution is -0.384. The second-order valence-electron chi connectivity index (χ2n) is 7.23. The highest BCUT2D eigenvalue weighted by Crippen LogP contribution is 2.34. The number of fused-ring (bicyclic) bond motifs is 1. The highest BCUT2D eigenvalue weighted by molar-refractivity contribution is 6.13. The number of halogens is 3. The summed E-state index contributed by atoms with van der Waals surface area (Å²) in [5.74, 6) is -1.72. The number of carbonyl (C=O) groups is 2. The molecule has 0 saturated carbocycles. The Morgan fingerprint density at radius 2 is 1.89 bits per heavy atom. The van der Waals surface area contributed by atoms with E-state index >= 15 is 0 Å². The number of aromatic amines is 1. The molecule has 0 aliphatic carbocycles. The van der Waals surface area contributed by atoms with Crippen LogP contribution in [0.2, 0.25) is 0 Å². The summed E-state index contributed by atoms with van der Waals surface area (Å²) in [5.41, 5.74) is -1.26. The smallest absolute Gasteiger partial charge is 0.434 e. The molecule has 0 radical (unpaired) electrons. The highest BCUT2D eigenvalue weighted by Gasteiger charge is 2.41. The van der Waals surface area contributed by atoms with Gasteiger partial charge in [0.25, 0.3) is 11.6 Å². The summed E-state index contributed by atoms with van der Waals surface area (Å²) in [7, 11) is 0. The average molecular weight is 487 g/mol. The monoisotopic (exact) mass is 487 g/mol. The topological polar surface area (TPSA) is 132 Å². The summed E-state index contributed by atoms with van der Waals surface area (Å²) >= 11 is 0. The van der Waals surface area contributed by atoms with E-state index < -0.39 is 34.2 Å². The van der Waals surface area contributed by atoms with E-state index in [1.807, 2.05) is 0 Å². The van der Waals surface area contributed by atoms with Crippen LogP contribution in [0.25, 0.3) is 16.6 Å². The Morgan fingerprint density at radius 3 is 2.51 bits per heavy atom. The fourth-order valence-electron chi connectivity index (χ4n) is 3.47. The van der Waals surface area contributed by atoms with Gasteiger partial charge >= 0.3 is 12.1 Å². The summed E-state index contributed by atoms with van der Waals surface area (Å²) in [5, 5.41) is 17.7. The van der Waals surface area contributed by atoms with Crippen molar-refractivity contribution in [3.63, 3.8) is 0 Å². The van der Waals surface area contributed by atoms with Crippen molar-refractivity contribution < 1.29 is 32.4 Å². The standard InChI is InChI=1S/C22H16F3N5O5/c1-2-35-21(32)17-11-27-29(19(17)22(23,24)25)13-5-3-12(4-6-13)28-20(31)16-10-26-18-8-7-14(30(33)34)9-15(16)18/h3-11,26H,2H2,1H3,(H,28,31). The molecule has 0 atom stereocenters. The van der Waals surface area contributed by atoms with Crippen LogP contribution in [0.1, 0.15) is 33.3 Å². The van der Waals surface area contributed by atoms with E-state index in [1.54, 1.807) is 0 Å². The van der Waals surface area contributed by atoms with Crippen LogP contribution in [-0.4, -0.2) is 38.2 Å². The second kappa shape index (κ2) is 8.93. The zero-order chi connectivity index (χ0) is 25.3. The molecule has 4 aromatic rings. The third-order valence-electron chi connectivity index (χ3n) is 5.02. The number of H-pyrrole nitrogens is 1. The molecule has 0 aliphatic heterocycles. The molecule has 2 aromatic heterocycles. The zero-order valence-corrected chi connectivity index (χ0v) is 17.9. The van der Waals surface area contributed by atoms with Crippen LogP contribution >= 0.6 is 0 Å². The summed E-state index contributed by atoms with van der Waals surface area (Å²) in [6, 6.07) is 9.33. The Morgan fingerprint density at radius 1 is 1.17 bits per heavy atom. The molecule has 10 nitrogen and oxygen atoms in total. The lowest BCUT2D eigenvalue weighted by Crippen LogP contribution is -2.18. The number of non-ortho nitro benzene ring substituents is 1. The first-order valence-corrected chi connectivity index (χ1v) is 10.1. The lowest BCUT2D eigenvalue weighted by atomic mass is 10.1. The van der Waals surface area contributed by atoms with Crippen LogP contribution in [0.15, 0.2) is 54.9 Å². The normalized spacial score (nSPS) is 11.4. The van der Waals surface area contributed by atoms with Crippen LogP contribution in [0.3, 0.4) is 0 Å². The second-order valence-corrected chi connectivity index (χ2v) is 7.23. The van der Waals surface area contributed by atoms with Gasteiger partial charge in [0, 0.05) is 34.9 Å². The predicted octanol–water partition coefficient (Wildman–Crippen LogP) is 4.71. The van der Waals surface area contributed by atoms with Gasteiger partial charge < -0.3 is 15.0 Å². The summed E-state index contributed by atoms with van der Waals surface area (Å²) in [6.45, 7) is 1.37. The Hall–Kier alpha value is -4.68. The van der Waals surface area contributed by atoms with E-state index in [2.05, 4.69) is 20.1 Å². The van der Waals surface area contributed by atoms with Crippen LogP contribution in [0, 0.1) is 10.1 Å². The number of rotatable bonds is 6. The van der Waals surface area contributed by atoms with Gasteiger partial charge in [-0.15, -0.1) is 0 Å². The minimum absolute atomic E-state index is 0.00593. The van der Waals surface area contributed by atoms with Crippen molar-refractivity contribution >= 4 is 34.2 Å². The Labute approximate surface area is 194 Å². The van der Waals surface area contributed by atoms with Crippen molar-refractivity contribution in [2.24, 2.45) is 0 Å². The molecule has 0 fully saturated rings. The molecule has 35 heavy (non-hydrogen) atoms. The van der Waals surface area contributed by atoms with Gasteiger partial charge in [0.05, 0.1) is 29.0 Å². The van der Waals surface area contributed by atoms with Crippen molar-refractivity contribution in [3.05, 3.63) is 81.8 Å². The molecule has 4 rings (SSSR count). The molecular weight excluding hydrogens is 471 g/mol. The number of nitrogens with zero attached hydrogens (tertiary/aromatic N) is 3. The van der Waals surface area contributed by atoms with Crippen molar-refractivity contribution in [1.29, 1.82) is 0 Å². The maximum Gasteiger partial charge on any atom is 0.434 e. The number of amides is 1. The molecule has 2 aromatic carbocycles. The number of nitrogens with one attached hydrogen (secondary N) is 2. The van der Waals surface area contributed by atoms with Crippen molar-refractivity contribution in [2.75, 3.05) is 11.9 Å². The first-order chi connectivity index (χ1) is 16.6. The van der Waals surface area contributed by atoms with Crippen molar-refractivity contribution in [2.45, 2.75) is 13.1 Å². The molecule has 0 bridgehead atoms. The van der Waals surface area contributed by atoms with E-state index in [4.69, 9.17) is 0 Å². The first kappa shape index (κ1) is 23.5. The van der Waals surface area contributed by atoms with Crippen LogP contribution < -0.4 is 5.32 Å². The van der Waals surface area contributed by atoms with E-state index in [0.717, 1.165) is 6.20 Å². The lowest BCUT2D eigenvalue weighted by Gasteiger charge is -2.13. The van der Waals surface area contributed by atoms with Crippen molar-refractivity contribution in [3.8, 4) is 5.69 Å². The van der Waals surface area contributed by atoms with E-state index in [1.165, 1.54) is 55.6 Å². The highest BCUT2D eigenvalue weighted by atomic mass is 19.4. The molecule has 0 saturated heterocycles. The number of anilines is 1. The number of benzene rings is 2. The third-order valence-corrected chi connectivity index (χ3v) is 5.02. The van der Waals surface area contributed by atoms with Crippen LogP contribution in [0.4, 0.5) is 24.5 Å². The van der Waals surface area contributed by atoms with Crippen molar-refractivity contribution in [1.82, 2.24) is 14.8 Å². The number of aromatic nitrogens is 3. The molecule has 0 unspecified atom stereocenters. The van der Waals surface area contributed by atoms with Crippen LogP contribution in [0.5, 0.6) is 0 Å². The van der Waals surface area contributed by atoms with Gasteiger partial charge in [-0.3, -0.25) is 14.9 Å². The Kier molecular flexibility index (Phi) is 5.99. The maximum absolute atomic E-state index is 13.7. The Balaban J connectivity index is 1.60. The number of nitro groups is 1. The molecule has 2 heterocycles. The van der Waals surface area contributed by atoms with E-state index in [9.17, 15) is 32.9 Å². The average Bonchev–Trinajstić information content (AvgIpc) is 3.44. The first-order valence-electron chi connectivity index (χ1n) is 10.1. The summed E-state index contributed by atoms with van der Waals surface area (Å²) < 4.78 is 46.3. The molecule has 2 N–H and O–H groups in total. The zero-order valence-electron chi connectivity index (χ0n) is 17.9. The minimum atomic E-state index is -4.89. The fraction of sp³-hybridized carbons (Fsp3) is 0.136. The SMILES string of the molecule is CCOC(=O)c1cnn(-c2ccc(NC(=O)c3c[nH]c4ccc([N+](=O)[O-])cc34)cc2)c1C(F)(F)F. The number of carbonyl (C=O) groups excluding carboxylic acids is 2. The van der Waals surface area contributed by atoms with Gasteiger partial charge in [-0.1, -0.05) is 0 Å². The number of nitro benzene ring substituents is 1. The minimum Gasteiger partial charge on any atom is -0.462 e. The molecular formula is C22H16F3N5O5. The van der Waals surface area contributed by atoms with E-state index in [-0.39, 0.29) is 29.2 Å². The van der Waals surface area contributed by atoms with Gasteiger partial charge in [-0.05, 0) is 37.3 Å². The van der Waals surface area contributed by atoms with Gasteiger partial charge in [-0.25, -0.2) is 9.48 Å². The molecule has 13 heteroatoms. The van der Waals surface area contributed by atoms with E-state index in [0.29, 0.717) is 15.6 Å². The maximum atomic E-state index is 13.7. The summed E-state index contributed by atoms with van der Waals surface area (Å²) in [4.78, 5) is 38.0. The van der Waals surface area contributed by atoms with Gasteiger partial charge in [0.15, 0.2) is 5.69 Å². The quantitative estimate of drug-likeness (QED) is 0.230. The van der Waals surface area contributed by atoms with Gasteiger partial charge in [0.2, 0.25) is 0 Å². The largest absolute Gasteiger partial charge is 0.462 e. The number of hydrogen-bond acceptors (Lipinski definition) is 6. The molecule has 0 spiro atoms. The van der Waals surface area contributed by atoms with Gasteiger partial charge in [-0.2, -0.15) is 18.3 Å².